The molecule has 0 aromatic carbocycles. The number of methoxy groups -OCH3 is 1. The maximum absolute atomic E-state index is 13.5. The molecule has 0 saturated carbocycles. The fourth-order valence-electron chi connectivity index (χ4n) is 4.20. The first kappa shape index (κ1) is 19.6. The van der Waals surface area contributed by atoms with E-state index >= 15 is 0 Å². The number of hydrogen-bond acceptors (Lipinski definition) is 6. The molecule has 0 spiro atoms. The highest BCUT2D eigenvalue weighted by Crippen LogP contribution is 2.21. The normalized spacial score (nSPS) is 22.2. The van der Waals surface area contributed by atoms with Crippen LogP contribution in [-0.4, -0.2) is 78.3 Å². The van der Waals surface area contributed by atoms with Crippen LogP contribution < -0.4 is 10.3 Å². The van der Waals surface area contributed by atoms with Gasteiger partial charge in [-0.15, -0.1) is 0 Å². The lowest BCUT2D eigenvalue weighted by molar-refractivity contribution is 0.0482. The van der Waals surface area contributed by atoms with Crippen molar-refractivity contribution in [1.29, 1.82) is 0 Å². The van der Waals surface area contributed by atoms with Crippen molar-refractivity contribution in [2.24, 2.45) is 5.92 Å². The average molecular weight is 398 g/mol. The molecule has 0 aliphatic carbocycles. The molecule has 2 atom stereocenters. The predicted octanol–water partition coefficient (Wildman–Crippen LogP) is 0.952. The summed E-state index contributed by atoms with van der Waals surface area (Å²) in [7, 11) is 3.60. The predicted molar refractivity (Wildman–Crippen MR) is 108 cm³/mol. The van der Waals surface area contributed by atoms with Crippen molar-refractivity contribution in [3.8, 4) is 11.6 Å². The van der Waals surface area contributed by atoms with Gasteiger partial charge in [0.05, 0.1) is 38.2 Å². The maximum atomic E-state index is 13.5. The van der Waals surface area contributed by atoms with Gasteiger partial charge in [-0.25, -0.2) is 4.98 Å². The summed E-state index contributed by atoms with van der Waals surface area (Å²) >= 11 is 0. The molecule has 1 amide bonds. The van der Waals surface area contributed by atoms with Gasteiger partial charge in [0.25, 0.3) is 11.5 Å². The van der Waals surface area contributed by atoms with Crippen LogP contribution in [-0.2, 0) is 4.74 Å². The summed E-state index contributed by atoms with van der Waals surface area (Å²) in [5.41, 5.74) is 1.13. The van der Waals surface area contributed by atoms with Crippen LogP contribution in [0.5, 0.6) is 5.88 Å². The second-order valence-corrected chi connectivity index (χ2v) is 7.84. The third-order valence-electron chi connectivity index (χ3n) is 5.64. The SMILES string of the molecule is COc1ccc(-n2ccc(C)c(C(=O)N3C[C@H]4COC[C@@H]3CN(C)C4)c2=O)cn1. The van der Waals surface area contributed by atoms with Crippen LogP contribution in [0.2, 0.25) is 0 Å². The molecule has 2 bridgehead atoms. The van der Waals surface area contributed by atoms with Crippen LogP contribution in [0.15, 0.2) is 35.4 Å². The van der Waals surface area contributed by atoms with E-state index in [1.54, 1.807) is 37.5 Å². The van der Waals surface area contributed by atoms with E-state index in [9.17, 15) is 9.59 Å². The lowest BCUT2D eigenvalue weighted by Gasteiger charge is -2.30. The van der Waals surface area contributed by atoms with E-state index in [1.807, 2.05) is 4.90 Å². The third-order valence-corrected chi connectivity index (χ3v) is 5.64. The standard InChI is InChI=1S/C21H26N4O4/c1-14-6-7-24(16-4-5-18(28-3)22-8-16)20(26)19(14)21(27)25-10-15-9-23(2)11-17(25)13-29-12-15/h4-8,15,17H,9-13H2,1-3H3/t15-,17-/m0/s1. The summed E-state index contributed by atoms with van der Waals surface area (Å²) in [5, 5.41) is 0. The molecule has 0 N–H and O–H groups in total. The molecule has 2 aliphatic rings. The first-order valence-corrected chi connectivity index (χ1v) is 9.78. The van der Waals surface area contributed by atoms with Crippen molar-refractivity contribution in [1.82, 2.24) is 19.4 Å². The van der Waals surface area contributed by atoms with Gasteiger partial charge in [-0.2, -0.15) is 0 Å². The Morgan fingerprint density at radius 1 is 1.21 bits per heavy atom. The lowest BCUT2D eigenvalue weighted by Crippen LogP contribution is -2.47. The average Bonchev–Trinajstić information content (AvgIpc) is 2.98. The molecule has 4 rings (SSSR count). The Bertz CT molecular complexity index is 956. The van der Waals surface area contributed by atoms with Crippen molar-refractivity contribution >= 4 is 5.91 Å². The summed E-state index contributed by atoms with van der Waals surface area (Å²) in [5.74, 6) is 0.485. The summed E-state index contributed by atoms with van der Waals surface area (Å²) in [6, 6.07) is 5.17. The Kier molecular flexibility index (Phi) is 5.38. The highest BCUT2D eigenvalue weighted by Gasteiger charge is 2.36. The van der Waals surface area contributed by atoms with Crippen LogP contribution in [0.1, 0.15) is 15.9 Å². The van der Waals surface area contributed by atoms with Crippen LogP contribution in [0.25, 0.3) is 5.69 Å². The Morgan fingerprint density at radius 3 is 2.76 bits per heavy atom. The smallest absolute Gasteiger partial charge is 0.268 e. The van der Waals surface area contributed by atoms with Crippen LogP contribution in [0.3, 0.4) is 0 Å². The van der Waals surface area contributed by atoms with Crippen LogP contribution >= 0.6 is 0 Å². The summed E-state index contributed by atoms with van der Waals surface area (Å²) < 4.78 is 12.3. The second-order valence-electron chi connectivity index (χ2n) is 7.84. The van der Waals surface area contributed by atoms with Gasteiger partial charge < -0.3 is 19.3 Å². The number of aromatic nitrogens is 2. The number of carbonyl (C=O) groups excluding carboxylic acids is 1. The van der Waals surface area contributed by atoms with E-state index in [0.29, 0.717) is 36.9 Å². The number of ether oxygens (including phenoxy) is 2. The first-order valence-electron chi connectivity index (χ1n) is 9.78. The van der Waals surface area contributed by atoms with Crippen molar-refractivity contribution in [2.75, 3.05) is 47.0 Å². The molecule has 2 aromatic rings. The molecule has 0 radical (unpaired) electrons. The molecule has 2 saturated heterocycles. The number of pyridine rings is 2. The van der Waals surface area contributed by atoms with Gasteiger partial charge in [-0.1, -0.05) is 0 Å². The van der Waals surface area contributed by atoms with Gasteiger partial charge in [0.1, 0.15) is 5.56 Å². The van der Waals surface area contributed by atoms with Gasteiger partial charge in [0.2, 0.25) is 5.88 Å². The minimum Gasteiger partial charge on any atom is -0.481 e. The van der Waals surface area contributed by atoms with Crippen LogP contribution in [0, 0.1) is 12.8 Å². The van der Waals surface area contributed by atoms with Crippen LogP contribution in [0.4, 0.5) is 0 Å². The van der Waals surface area contributed by atoms with E-state index in [4.69, 9.17) is 9.47 Å². The van der Waals surface area contributed by atoms with Gasteiger partial charge in [0.15, 0.2) is 0 Å². The molecule has 2 aliphatic heterocycles. The zero-order chi connectivity index (χ0) is 20.5. The third kappa shape index (κ3) is 3.77. The van der Waals surface area contributed by atoms with Gasteiger partial charge in [-0.3, -0.25) is 14.2 Å². The van der Waals surface area contributed by atoms with E-state index in [-0.39, 0.29) is 29.0 Å². The number of hydrogen-bond donors (Lipinski definition) is 0. The number of nitrogens with zero attached hydrogens (tertiary/aromatic N) is 4. The Labute approximate surface area is 169 Å². The molecule has 8 heteroatoms. The summed E-state index contributed by atoms with van der Waals surface area (Å²) in [4.78, 5) is 35.1. The molecule has 2 fully saturated rings. The van der Waals surface area contributed by atoms with E-state index in [1.165, 1.54) is 11.7 Å². The maximum Gasteiger partial charge on any atom is 0.268 e. The Morgan fingerprint density at radius 2 is 2.03 bits per heavy atom. The molecule has 8 nitrogen and oxygen atoms in total. The molecule has 4 heterocycles. The minimum absolute atomic E-state index is 0.0601. The summed E-state index contributed by atoms with van der Waals surface area (Å²) in [6.07, 6.45) is 3.24. The molecule has 0 unspecified atom stereocenters. The number of fused-ring (bicyclic) bond motifs is 3. The second kappa shape index (κ2) is 7.96. The topological polar surface area (TPSA) is 76.9 Å². The molecular formula is C21H26N4O4. The van der Waals surface area contributed by atoms with E-state index in [2.05, 4.69) is 16.9 Å². The number of carbonyl (C=O) groups is 1. The van der Waals surface area contributed by atoms with Crippen molar-refractivity contribution in [3.63, 3.8) is 0 Å². The Balaban J connectivity index is 1.72. The molecule has 2 aromatic heterocycles. The number of rotatable bonds is 3. The van der Waals surface area contributed by atoms with Gasteiger partial charge >= 0.3 is 0 Å². The quantitative estimate of drug-likeness (QED) is 0.766. The largest absolute Gasteiger partial charge is 0.481 e. The highest BCUT2D eigenvalue weighted by molar-refractivity contribution is 5.95. The van der Waals surface area contributed by atoms with Gasteiger partial charge in [-0.05, 0) is 31.7 Å². The fourth-order valence-corrected chi connectivity index (χ4v) is 4.20. The summed E-state index contributed by atoms with van der Waals surface area (Å²) in [6.45, 7) is 5.17. The Hall–Kier alpha value is -2.71. The molecule has 29 heavy (non-hydrogen) atoms. The van der Waals surface area contributed by atoms with Crippen molar-refractivity contribution in [3.05, 3.63) is 52.1 Å². The lowest BCUT2D eigenvalue weighted by atomic mass is 10.1. The number of amides is 1. The van der Waals surface area contributed by atoms with Crippen molar-refractivity contribution in [2.45, 2.75) is 13.0 Å². The molecule has 154 valence electrons. The highest BCUT2D eigenvalue weighted by atomic mass is 16.5. The number of likely N-dealkylation sites (N-methyl/N-ethyl adjacent to an activating group) is 1. The first-order chi connectivity index (χ1) is 14.0. The zero-order valence-corrected chi connectivity index (χ0v) is 17.0. The van der Waals surface area contributed by atoms with E-state index < -0.39 is 0 Å². The zero-order valence-electron chi connectivity index (χ0n) is 17.0. The molecular weight excluding hydrogens is 372 g/mol. The monoisotopic (exact) mass is 398 g/mol. The fraction of sp³-hybridized carbons (Fsp3) is 0.476. The number of aryl methyl sites for hydroxylation is 1. The van der Waals surface area contributed by atoms with E-state index in [0.717, 1.165) is 13.1 Å². The van der Waals surface area contributed by atoms with Crippen molar-refractivity contribution < 1.29 is 14.3 Å². The minimum atomic E-state index is -0.338. The van der Waals surface area contributed by atoms with Gasteiger partial charge in [0, 0.05) is 37.8 Å².